The smallest absolute Gasteiger partial charge is 0.264 e. The van der Waals surface area contributed by atoms with E-state index in [-0.39, 0.29) is 64.2 Å². The van der Waals surface area contributed by atoms with Crippen LogP contribution in [-0.2, 0) is 19.1 Å². The number of halogens is 6. The normalized spacial score (nSPS) is 16.8. The second-order valence-corrected chi connectivity index (χ2v) is 27.9. The number of hydrogen-bond donors (Lipinski definition) is 4. The quantitative estimate of drug-likeness (QED) is 0.0588. The molecule has 0 radical (unpaired) electrons. The van der Waals surface area contributed by atoms with Gasteiger partial charge in [-0.2, -0.15) is 0 Å². The Morgan fingerprint density at radius 3 is 1.29 bits per heavy atom. The molecule has 4 N–H and O–H groups in total. The van der Waals surface area contributed by atoms with E-state index in [0.29, 0.717) is 104 Å². The van der Waals surface area contributed by atoms with Crippen molar-refractivity contribution in [2.75, 3.05) is 80.2 Å². The summed E-state index contributed by atoms with van der Waals surface area (Å²) in [4.78, 5) is 73.5. The minimum atomic E-state index is -2.64. The first-order valence-corrected chi connectivity index (χ1v) is 35.5. The number of aromatic nitrogens is 6. The summed E-state index contributed by atoms with van der Waals surface area (Å²) in [6, 6.07) is 36.9. The van der Waals surface area contributed by atoms with E-state index < -0.39 is 31.5 Å². The van der Waals surface area contributed by atoms with E-state index in [2.05, 4.69) is 40.3 Å². The molecule has 4 aliphatic heterocycles. The van der Waals surface area contributed by atoms with Crippen LogP contribution >= 0.6 is 0 Å². The number of amides is 3. The monoisotopic (exact) mass is 1420 g/mol. The van der Waals surface area contributed by atoms with Gasteiger partial charge in [0.1, 0.15) is 35.8 Å². The average molecular weight is 1420 g/mol. The number of benzene rings is 6. The summed E-state index contributed by atoms with van der Waals surface area (Å²) in [7, 11) is 0. The lowest BCUT2D eigenvalue weighted by molar-refractivity contribution is -0.141. The van der Waals surface area contributed by atoms with Gasteiger partial charge in [0, 0.05) is 121 Å². The zero-order valence-electron chi connectivity index (χ0n) is 59.2. The molecule has 103 heavy (non-hydrogen) atoms. The minimum Gasteiger partial charge on any atom is -0.383 e. The SMILES string of the molecule is Cc1ccc2c(N3CCC(CNC(=O)C(O)C(C)C)CC3)nc(-c3ccccc3C(F)F)nc2c1.Cc1ccc2c(N3CCC(NC(=O)[C@@H]4CCCO4)CC3)nc(-c3ccccc3C(F)F)nc2c1.Cc1ccc2c(N3CCN(C(=O)C(O)CC(C)C)CC3)nc(-c3ccccc3C(F)F)nc2c1. The maximum absolute atomic E-state index is 13.7. The lowest BCUT2D eigenvalue weighted by Crippen LogP contribution is -2.52. The van der Waals surface area contributed by atoms with Crippen LogP contribution in [0.1, 0.15) is 125 Å². The van der Waals surface area contributed by atoms with Crippen LogP contribution in [0.2, 0.25) is 0 Å². The molecule has 13 rings (SSSR count). The van der Waals surface area contributed by atoms with Crippen molar-refractivity contribution in [2.45, 2.75) is 137 Å². The maximum atomic E-state index is 13.7. The van der Waals surface area contributed by atoms with Crippen LogP contribution in [0.4, 0.5) is 43.8 Å². The molecular weight excluding hydrogens is 1330 g/mol. The van der Waals surface area contributed by atoms with Crippen molar-refractivity contribution in [3.63, 3.8) is 0 Å². The van der Waals surface area contributed by atoms with E-state index in [1.807, 2.05) is 103 Å². The summed E-state index contributed by atoms with van der Waals surface area (Å²) in [6.45, 7) is 19.5. The third-order valence-corrected chi connectivity index (χ3v) is 19.4. The van der Waals surface area contributed by atoms with Gasteiger partial charge in [0.05, 0.1) is 16.6 Å². The third-order valence-electron chi connectivity index (χ3n) is 19.4. The number of rotatable bonds is 18. The number of hydrogen-bond acceptors (Lipinski definition) is 15. The second-order valence-electron chi connectivity index (χ2n) is 27.9. The molecule has 0 bridgehead atoms. The van der Waals surface area contributed by atoms with Gasteiger partial charge in [0.15, 0.2) is 17.5 Å². The molecule has 9 aromatic rings. The Bertz CT molecular complexity index is 4440. The van der Waals surface area contributed by atoms with Gasteiger partial charge in [0.2, 0.25) is 11.8 Å². The molecule has 2 unspecified atom stereocenters. The molecule has 18 nitrogen and oxygen atoms in total. The predicted octanol–water partition coefficient (Wildman–Crippen LogP) is 14.3. The molecule has 3 amide bonds. The van der Waals surface area contributed by atoms with Gasteiger partial charge in [0.25, 0.3) is 25.2 Å². The first-order chi connectivity index (χ1) is 49.5. The molecule has 7 heterocycles. The number of nitrogens with one attached hydrogen (secondary N) is 2. The highest BCUT2D eigenvalue weighted by molar-refractivity contribution is 5.94. The molecular formula is C79H90F6N12O6. The summed E-state index contributed by atoms with van der Waals surface area (Å²) >= 11 is 0. The van der Waals surface area contributed by atoms with Gasteiger partial charge in [-0.25, -0.2) is 56.2 Å². The van der Waals surface area contributed by atoms with Crippen molar-refractivity contribution in [1.82, 2.24) is 45.4 Å². The molecule has 24 heteroatoms. The number of piperidine rings is 2. The Hall–Kier alpha value is -9.39. The summed E-state index contributed by atoms with van der Waals surface area (Å²) in [5.41, 5.74) is 5.99. The molecule has 0 saturated carbocycles. The van der Waals surface area contributed by atoms with Crippen LogP contribution in [0.5, 0.6) is 0 Å². The number of piperazine rings is 1. The Balaban J connectivity index is 0.000000155. The van der Waals surface area contributed by atoms with E-state index in [1.54, 1.807) is 59.5 Å². The number of nitrogens with zero attached hydrogens (tertiary/aromatic N) is 10. The summed E-state index contributed by atoms with van der Waals surface area (Å²) in [5, 5.41) is 28.8. The third kappa shape index (κ3) is 18.2. The summed E-state index contributed by atoms with van der Waals surface area (Å²) < 4.78 is 87.7. The zero-order chi connectivity index (χ0) is 73.2. The fourth-order valence-electron chi connectivity index (χ4n) is 13.6. The number of alkyl halides is 6. The zero-order valence-corrected chi connectivity index (χ0v) is 59.2. The molecule has 0 spiro atoms. The maximum Gasteiger partial charge on any atom is 0.264 e. The highest BCUT2D eigenvalue weighted by atomic mass is 19.3. The Labute approximate surface area is 596 Å². The topological polar surface area (TPSA) is 215 Å². The van der Waals surface area contributed by atoms with E-state index in [4.69, 9.17) is 19.7 Å². The number of carbonyl (C=O) groups excluding carboxylic acids is 3. The molecule has 3 aromatic heterocycles. The summed E-state index contributed by atoms with van der Waals surface area (Å²) in [5.74, 6) is 2.80. The van der Waals surface area contributed by atoms with Crippen LogP contribution in [0, 0.1) is 38.5 Å². The second kappa shape index (κ2) is 33.8. The number of aliphatic hydroxyl groups excluding tert-OH is 2. The van der Waals surface area contributed by atoms with Crippen LogP contribution in [0.15, 0.2) is 127 Å². The van der Waals surface area contributed by atoms with Gasteiger partial charge in [-0.05, 0) is 137 Å². The highest BCUT2D eigenvalue weighted by Crippen LogP contribution is 2.39. The van der Waals surface area contributed by atoms with E-state index in [0.717, 1.165) is 107 Å². The molecule has 4 fully saturated rings. The molecule has 3 atom stereocenters. The van der Waals surface area contributed by atoms with E-state index >= 15 is 0 Å². The number of ether oxygens (including phenoxy) is 1. The Kier molecular flexibility index (Phi) is 24.6. The summed E-state index contributed by atoms with van der Waals surface area (Å²) in [6.07, 6.45) is -4.81. The Morgan fingerprint density at radius 2 is 0.913 bits per heavy atom. The van der Waals surface area contributed by atoms with Gasteiger partial charge in [-0.15, -0.1) is 0 Å². The minimum absolute atomic E-state index is 0.0233. The van der Waals surface area contributed by atoms with Gasteiger partial charge in [-0.3, -0.25) is 14.4 Å². The number of anilines is 3. The molecule has 6 aromatic carbocycles. The standard InChI is InChI=1S/C27H32F2N4O2.C26H28F2N4O2.C26H30F2N4O2/c1-16(2)23(34)27(35)30-15-18-10-12-33(13-11-18)26-21-9-8-17(3)14-22(21)31-25(32-26)20-7-5-4-6-19(20)24(28)29;1-16-8-9-20-21(15-16)30-24(19-6-3-2-5-18(19)23(27)28)31-25(20)32-12-10-17(11-13-32)29-26(33)22-7-4-14-34-22;1-16(2)14-22(33)26(34)32-12-10-31(11-13-32)25-20-9-8-17(3)15-21(20)29-24(30-25)19-7-5-4-6-18(19)23(27)28/h4-9,14,16,18,23-24,34H,10-13,15H2,1-3H3,(H,30,35);2-3,5-6,8-9,15,17,22-23H,4,7,10-14H2,1H3,(H,29,33);4-9,15-16,22-23,33H,10-14H2,1-3H3/t;22-;/m.0./s1. The van der Waals surface area contributed by atoms with Crippen molar-refractivity contribution < 1.29 is 55.7 Å². The van der Waals surface area contributed by atoms with Crippen molar-refractivity contribution >= 4 is 67.9 Å². The average Bonchev–Trinajstić information content (AvgIpc) is 1.04. The van der Waals surface area contributed by atoms with Crippen molar-refractivity contribution in [2.24, 2.45) is 17.8 Å². The predicted molar refractivity (Wildman–Crippen MR) is 389 cm³/mol. The first kappa shape index (κ1) is 74.8. The van der Waals surface area contributed by atoms with Crippen molar-refractivity contribution in [3.8, 4) is 34.2 Å². The van der Waals surface area contributed by atoms with Crippen molar-refractivity contribution in [3.05, 3.63) is 161 Å². The van der Waals surface area contributed by atoms with Gasteiger partial charge >= 0.3 is 0 Å². The van der Waals surface area contributed by atoms with Crippen LogP contribution in [0.3, 0.4) is 0 Å². The van der Waals surface area contributed by atoms with E-state index in [9.17, 15) is 50.9 Å². The first-order valence-electron chi connectivity index (χ1n) is 35.5. The van der Waals surface area contributed by atoms with Crippen molar-refractivity contribution in [1.29, 1.82) is 0 Å². The van der Waals surface area contributed by atoms with Gasteiger partial charge < -0.3 is 45.2 Å². The van der Waals surface area contributed by atoms with Gasteiger partial charge in [-0.1, -0.05) is 119 Å². The molecule has 0 aliphatic carbocycles. The van der Waals surface area contributed by atoms with Crippen LogP contribution < -0.4 is 25.3 Å². The fraction of sp³-hybridized carbons (Fsp3) is 0.430. The fourth-order valence-corrected chi connectivity index (χ4v) is 13.6. The molecule has 4 saturated heterocycles. The number of carbonyl (C=O) groups is 3. The lowest BCUT2D eigenvalue weighted by atomic mass is 9.96. The van der Waals surface area contributed by atoms with Crippen LogP contribution in [-0.4, -0.2) is 153 Å². The van der Waals surface area contributed by atoms with Crippen LogP contribution in [0.25, 0.3) is 66.9 Å². The number of fused-ring (bicyclic) bond motifs is 3. The Morgan fingerprint density at radius 1 is 0.515 bits per heavy atom. The number of aliphatic hydroxyl groups is 2. The highest BCUT2D eigenvalue weighted by Gasteiger charge is 2.33. The molecule has 4 aliphatic rings. The largest absolute Gasteiger partial charge is 0.383 e. The molecule has 544 valence electrons. The lowest BCUT2D eigenvalue weighted by Gasteiger charge is -2.37. The number of aryl methyl sites for hydroxylation is 3. The van der Waals surface area contributed by atoms with E-state index in [1.165, 1.54) is 18.2 Å².